The van der Waals surface area contributed by atoms with Crippen LogP contribution in [0.2, 0.25) is 0 Å². The lowest BCUT2D eigenvalue weighted by Gasteiger charge is -2.32. The topological polar surface area (TPSA) is 6.48 Å². The highest BCUT2D eigenvalue weighted by Gasteiger charge is 2.27. The Balaban J connectivity index is 2.58. The van der Waals surface area contributed by atoms with E-state index in [9.17, 15) is 0 Å². The average Bonchev–Trinajstić information content (AvgIpc) is 2.42. The van der Waals surface area contributed by atoms with Crippen LogP contribution in [0.1, 0.15) is 53.0 Å². The second-order valence-corrected chi connectivity index (χ2v) is 7.60. The molecule has 0 saturated heterocycles. The first-order chi connectivity index (χ1) is 9.73. The standard InChI is InChI=1S/C17H30N2S2/c1-7-19(8-2)12-10-9-11-18(6)14-13(17(3,4)5)15(20)16(14)21/h7-12H2,1-6H3. The Morgan fingerprint density at radius 3 is 1.90 bits per heavy atom. The van der Waals surface area contributed by atoms with Gasteiger partial charge in [-0.2, -0.15) is 0 Å². The predicted octanol–water partition coefficient (Wildman–Crippen LogP) is 4.88. The van der Waals surface area contributed by atoms with Gasteiger partial charge in [0.15, 0.2) is 0 Å². The van der Waals surface area contributed by atoms with Gasteiger partial charge in [-0.15, -0.1) is 0 Å². The zero-order valence-electron chi connectivity index (χ0n) is 14.5. The van der Waals surface area contributed by atoms with Crippen molar-refractivity contribution in [2.75, 3.05) is 38.1 Å². The Hall–Kier alpha value is -0.320. The third-order valence-electron chi connectivity index (χ3n) is 4.13. The number of anilines is 1. The van der Waals surface area contributed by atoms with Crippen molar-refractivity contribution in [1.29, 1.82) is 0 Å². The molecule has 0 saturated carbocycles. The molecular formula is C17H30N2S2. The molecule has 0 aliphatic heterocycles. The van der Waals surface area contributed by atoms with E-state index >= 15 is 0 Å². The van der Waals surface area contributed by atoms with Gasteiger partial charge in [0.1, 0.15) is 0 Å². The van der Waals surface area contributed by atoms with Crippen molar-refractivity contribution < 1.29 is 0 Å². The molecule has 0 radical (unpaired) electrons. The second-order valence-electron chi connectivity index (χ2n) is 6.79. The van der Waals surface area contributed by atoms with Gasteiger partial charge in [-0.1, -0.05) is 59.1 Å². The van der Waals surface area contributed by atoms with Gasteiger partial charge < -0.3 is 9.80 Å². The van der Waals surface area contributed by atoms with E-state index in [1.165, 1.54) is 30.6 Å². The van der Waals surface area contributed by atoms with Gasteiger partial charge in [-0.3, -0.25) is 0 Å². The smallest absolute Gasteiger partial charge is 0.0798 e. The monoisotopic (exact) mass is 326 g/mol. The molecule has 0 amide bonds. The molecule has 0 unspecified atom stereocenters. The lowest BCUT2D eigenvalue weighted by molar-refractivity contribution is 0.297. The Kier molecular flexibility index (Phi) is 6.95. The maximum Gasteiger partial charge on any atom is 0.0798 e. The van der Waals surface area contributed by atoms with Crippen LogP contribution in [0, 0.1) is 9.02 Å². The van der Waals surface area contributed by atoms with Crippen molar-refractivity contribution >= 4 is 30.1 Å². The SMILES string of the molecule is CCN(CC)CCCCN(C)c1c(C(C)(C)C)c(=S)c1=S. The zero-order valence-corrected chi connectivity index (χ0v) is 16.1. The molecule has 2 nitrogen and oxygen atoms in total. The fourth-order valence-electron chi connectivity index (χ4n) is 2.78. The normalized spacial score (nSPS) is 12.3. The minimum Gasteiger partial charge on any atom is -0.373 e. The summed E-state index contributed by atoms with van der Waals surface area (Å²) >= 11 is 10.9. The lowest BCUT2D eigenvalue weighted by atomic mass is 9.83. The van der Waals surface area contributed by atoms with Crippen LogP contribution in [-0.2, 0) is 5.41 Å². The van der Waals surface area contributed by atoms with E-state index in [1.54, 1.807) is 0 Å². The molecule has 21 heavy (non-hydrogen) atoms. The minimum atomic E-state index is 0.0875. The van der Waals surface area contributed by atoms with Crippen LogP contribution in [-0.4, -0.2) is 38.1 Å². The third-order valence-corrected chi connectivity index (χ3v) is 5.06. The molecule has 0 fully saturated rings. The maximum atomic E-state index is 5.46. The molecule has 1 rings (SSSR count). The van der Waals surface area contributed by atoms with Crippen molar-refractivity contribution in [2.45, 2.75) is 52.9 Å². The van der Waals surface area contributed by atoms with E-state index in [-0.39, 0.29) is 5.41 Å². The fraction of sp³-hybridized carbons (Fsp3) is 0.765. The highest BCUT2D eigenvalue weighted by molar-refractivity contribution is 7.74. The first-order valence-corrected chi connectivity index (χ1v) is 8.82. The number of rotatable bonds is 8. The molecule has 4 heteroatoms. The van der Waals surface area contributed by atoms with E-state index in [0.717, 1.165) is 28.7 Å². The summed E-state index contributed by atoms with van der Waals surface area (Å²) in [6.45, 7) is 15.6. The van der Waals surface area contributed by atoms with Gasteiger partial charge in [0.05, 0.1) is 14.7 Å². The van der Waals surface area contributed by atoms with E-state index < -0.39 is 0 Å². The summed E-state index contributed by atoms with van der Waals surface area (Å²) in [6.07, 6.45) is 2.44. The predicted molar refractivity (Wildman–Crippen MR) is 99.5 cm³/mol. The first-order valence-electron chi connectivity index (χ1n) is 8.01. The van der Waals surface area contributed by atoms with Crippen molar-refractivity contribution in [2.24, 2.45) is 0 Å². The Morgan fingerprint density at radius 1 is 0.905 bits per heavy atom. The highest BCUT2D eigenvalue weighted by Crippen LogP contribution is 2.39. The summed E-state index contributed by atoms with van der Waals surface area (Å²) in [5.74, 6) is 0. The van der Waals surface area contributed by atoms with Crippen molar-refractivity contribution in [3.05, 3.63) is 14.6 Å². The fourth-order valence-corrected chi connectivity index (χ4v) is 3.64. The van der Waals surface area contributed by atoms with Gasteiger partial charge >= 0.3 is 0 Å². The lowest BCUT2D eigenvalue weighted by Crippen LogP contribution is -2.28. The molecule has 0 N–H and O–H groups in total. The molecule has 0 aliphatic carbocycles. The Morgan fingerprint density at radius 2 is 1.43 bits per heavy atom. The van der Waals surface area contributed by atoms with Gasteiger partial charge in [0.2, 0.25) is 0 Å². The van der Waals surface area contributed by atoms with Crippen LogP contribution in [0.4, 0.5) is 5.69 Å². The average molecular weight is 327 g/mol. The third kappa shape index (κ3) is 4.57. The largest absolute Gasteiger partial charge is 0.373 e. The molecule has 0 heterocycles. The van der Waals surface area contributed by atoms with Crippen LogP contribution in [0.5, 0.6) is 0 Å². The molecule has 0 aliphatic rings. The molecular weight excluding hydrogens is 296 g/mol. The van der Waals surface area contributed by atoms with E-state index in [4.69, 9.17) is 24.4 Å². The summed E-state index contributed by atoms with van der Waals surface area (Å²) in [5.41, 5.74) is 2.57. The van der Waals surface area contributed by atoms with Gasteiger partial charge in [-0.25, -0.2) is 0 Å². The zero-order chi connectivity index (χ0) is 16.2. The number of hydrogen-bond acceptors (Lipinski definition) is 4. The summed E-state index contributed by atoms with van der Waals surface area (Å²) in [4.78, 5) is 4.78. The molecule has 0 aromatic heterocycles. The van der Waals surface area contributed by atoms with Gasteiger partial charge in [-0.05, 0) is 37.9 Å². The van der Waals surface area contributed by atoms with Crippen LogP contribution in [0.15, 0.2) is 0 Å². The van der Waals surface area contributed by atoms with Gasteiger partial charge in [0.25, 0.3) is 0 Å². The van der Waals surface area contributed by atoms with Crippen LogP contribution >= 0.6 is 24.4 Å². The van der Waals surface area contributed by atoms with E-state index in [2.05, 4.69) is 51.5 Å². The maximum absolute atomic E-state index is 5.46. The number of nitrogens with zero attached hydrogens (tertiary/aromatic N) is 2. The highest BCUT2D eigenvalue weighted by atomic mass is 32.1. The Labute approximate surface area is 140 Å². The van der Waals surface area contributed by atoms with E-state index in [1.807, 2.05) is 0 Å². The van der Waals surface area contributed by atoms with Crippen LogP contribution in [0.25, 0.3) is 0 Å². The molecule has 0 bridgehead atoms. The molecule has 120 valence electrons. The van der Waals surface area contributed by atoms with Crippen LogP contribution < -0.4 is 4.90 Å². The van der Waals surface area contributed by atoms with Crippen LogP contribution in [0.3, 0.4) is 0 Å². The first kappa shape index (κ1) is 18.7. The molecule has 0 atom stereocenters. The summed E-state index contributed by atoms with van der Waals surface area (Å²) in [7, 11) is 2.15. The molecule has 1 aromatic carbocycles. The minimum absolute atomic E-state index is 0.0875. The van der Waals surface area contributed by atoms with Crippen molar-refractivity contribution in [3.63, 3.8) is 0 Å². The van der Waals surface area contributed by atoms with Crippen molar-refractivity contribution in [1.82, 2.24) is 4.90 Å². The van der Waals surface area contributed by atoms with Crippen molar-refractivity contribution in [3.8, 4) is 0 Å². The number of unbranched alkanes of at least 4 members (excludes halogenated alkanes) is 1. The second kappa shape index (κ2) is 7.80. The summed E-state index contributed by atoms with van der Waals surface area (Å²) < 4.78 is 1.80. The molecule has 0 spiro atoms. The van der Waals surface area contributed by atoms with E-state index in [0.29, 0.717) is 0 Å². The quantitative estimate of drug-likeness (QED) is 0.496. The number of hydrogen-bond donors (Lipinski definition) is 0. The summed E-state index contributed by atoms with van der Waals surface area (Å²) in [5, 5.41) is 0. The Bertz CT molecular complexity index is 517. The molecule has 1 aromatic rings. The van der Waals surface area contributed by atoms with Gasteiger partial charge in [0, 0.05) is 19.2 Å². The summed E-state index contributed by atoms with van der Waals surface area (Å²) in [6, 6.07) is 0.